The van der Waals surface area contributed by atoms with Crippen LogP contribution in [-0.2, 0) is 11.2 Å². The van der Waals surface area contributed by atoms with Gasteiger partial charge in [-0.3, -0.25) is 0 Å². The van der Waals surface area contributed by atoms with E-state index in [0.29, 0.717) is 17.9 Å². The maximum absolute atomic E-state index is 5.30. The first kappa shape index (κ1) is 16.5. The van der Waals surface area contributed by atoms with Gasteiger partial charge in [-0.25, -0.2) is 0 Å². The number of benzene rings is 1. The molecule has 0 aliphatic heterocycles. The third kappa shape index (κ3) is 4.31. The molecule has 1 aromatic carbocycles. The largest absolute Gasteiger partial charge is 0.385 e. The second-order valence-corrected chi connectivity index (χ2v) is 6.44. The van der Waals surface area contributed by atoms with Crippen LogP contribution in [0.15, 0.2) is 24.3 Å². The first-order valence-electron chi connectivity index (χ1n) is 8.58. The van der Waals surface area contributed by atoms with Gasteiger partial charge in [0.1, 0.15) is 0 Å². The molecule has 1 aromatic rings. The summed E-state index contributed by atoms with van der Waals surface area (Å²) >= 11 is 0. The summed E-state index contributed by atoms with van der Waals surface area (Å²) in [5.41, 5.74) is 3.15. The van der Waals surface area contributed by atoms with E-state index in [1.165, 1.54) is 25.7 Å². The zero-order valence-electron chi connectivity index (χ0n) is 13.9. The number of fused-ring (bicyclic) bond motifs is 1. The van der Waals surface area contributed by atoms with Crippen LogP contribution in [0.4, 0.5) is 0 Å². The average Bonchev–Trinajstić information content (AvgIpc) is 2.53. The molecule has 3 unspecified atom stereocenters. The Labute approximate surface area is 130 Å². The van der Waals surface area contributed by atoms with Gasteiger partial charge in [0.25, 0.3) is 0 Å². The minimum atomic E-state index is 0.571. The lowest BCUT2D eigenvalue weighted by molar-refractivity contribution is 0.163. The maximum atomic E-state index is 5.30. The molecular formula is C19H31NO. The maximum Gasteiger partial charge on any atom is 0.0465 e. The standard InChI is InChI=1S/C19H31NO/c1-4-13-20-19(15(2)12-14-21-3)18-11-7-9-16-8-5-6-10-17(16)18/h5-6,8,10,15,18-20H,4,7,9,11-14H2,1-3H3. The number of aryl methyl sites for hydroxylation is 1. The van der Waals surface area contributed by atoms with Crippen LogP contribution in [0.1, 0.15) is 56.6 Å². The van der Waals surface area contributed by atoms with Crippen molar-refractivity contribution in [1.29, 1.82) is 0 Å². The van der Waals surface area contributed by atoms with Crippen LogP contribution in [0.25, 0.3) is 0 Å². The Bertz CT molecular complexity index is 418. The van der Waals surface area contributed by atoms with Crippen LogP contribution in [0.2, 0.25) is 0 Å². The van der Waals surface area contributed by atoms with E-state index in [9.17, 15) is 0 Å². The van der Waals surface area contributed by atoms with Crippen LogP contribution in [-0.4, -0.2) is 26.3 Å². The van der Waals surface area contributed by atoms with Gasteiger partial charge < -0.3 is 10.1 Å². The number of ether oxygens (including phenoxy) is 1. The minimum Gasteiger partial charge on any atom is -0.385 e. The molecule has 2 nitrogen and oxygen atoms in total. The average molecular weight is 289 g/mol. The summed E-state index contributed by atoms with van der Waals surface area (Å²) in [4.78, 5) is 0. The molecule has 2 heteroatoms. The Morgan fingerprint density at radius 1 is 1.33 bits per heavy atom. The number of methoxy groups -OCH3 is 1. The van der Waals surface area contributed by atoms with E-state index in [1.54, 1.807) is 18.2 Å². The summed E-state index contributed by atoms with van der Waals surface area (Å²) in [5.74, 6) is 1.31. The molecule has 2 rings (SSSR count). The van der Waals surface area contributed by atoms with Gasteiger partial charge >= 0.3 is 0 Å². The lowest BCUT2D eigenvalue weighted by Crippen LogP contribution is -2.42. The molecule has 0 saturated carbocycles. The highest BCUT2D eigenvalue weighted by Crippen LogP contribution is 2.36. The van der Waals surface area contributed by atoms with Crippen molar-refractivity contribution in [2.75, 3.05) is 20.3 Å². The van der Waals surface area contributed by atoms with Crippen molar-refractivity contribution >= 4 is 0 Å². The number of hydrogen-bond donors (Lipinski definition) is 1. The van der Waals surface area contributed by atoms with Crippen molar-refractivity contribution < 1.29 is 4.74 Å². The molecule has 1 aliphatic rings. The van der Waals surface area contributed by atoms with Crippen molar-refractivity contribution in [2.45, 2.75) is 57.9 Å². The Morgan fingerprint density at radius 2 is 2.14 bits per heavy atom. The summed E-state index contributed by atoms with van der Waals surface area (Å²) in [6, 6.07) is 9.63. The number of hydrogen-bond acceptors (Lipinski definition) is 2. The summed E-state index contributed by atoms with van der Waals surface area (Å²) in [6.07, 6.45) is 6.22. The van der Waals surface area contributed by atoms with Gasteiger partial charge in [0.15, 0.2) is 0 Å². The number of nitrogens with one attached hydrogen (secondary N) is 1. The molecule has 1 N–H and O–H groups in total. The molecule has 1 aliphatic carbocycles. The second kappa shape index (κ2) is 8.55. The molecule has 0 radical (unpaired) electrons. The van der Waals surface area contributed by atoms with E-state index in [-0.39, 0.29) is 0 Å². The summed E-state index contributed by atoms with van der Waals surface area (Å²) < 4.78 is 5.30. The quantitative estimate of drug-likeness (QED) is 0.776. The van der Waals surface area contributed by atoms with Crippen molar-refractivity contribution in [3.05, 3.63) is 35.4 Å². The lowest BCUT2D eigenvalue weighted by Gasteiger charge is -2.36. The lowest BCUT2D eigenvalue weighted by atomic mass is 9.74. The molecule has 0 heterocycles. The van der Waals surface area contributed by atoms with E-state index in [0.717, 1.165) is 19.6 Å². The normalized spacial score (nSPS) is 20.8. The molecule has 0 aromatic heterocycles. The Hall–Kier alpha value is -0.860. The highest BCUT2D eigenvalue weighted by Gasteiger charge is 2.30. The molecule has 0 amide bonds. The van der Waals surface area contributed by atoms with E-state index in [4.69, 9.17) is 4.74 Å². The van der Waals surface area contributed by atoms with Gasteiger partial charge in [0.2, 0.25) is 0 Å². The zero-order valence-corrected chi connectivity index (χ0v) is 13.9. The van der Waals surface area contributed by atoms with Crippen LogP contribution >= 0.6 is 0 Å². The Kier molecular flexibility index (Phi) is 6.72. The molecule has 21 heavy (non-hydrogen) atoms. The smallest absolute Gasteiger partial charge is 0.0465 e. The second-order valence-electron chi connectivity index (χ2n) is 6.44. The van der Waals surface area contributed by atoms with Gasteiger partial charge in [0.05, 0.1) is 0 Å². The van der Waals surface area contributed by atoms with Gasteiger partial charge in [-0.05, 0) is 61.6 Å². The SMILES string of the molecule is CCCNC(C(C)CCOC)C1CCCc2ccccc21. The molecule has 0 spiro atoms. The predicted octanol–water partition coefficient (Wildman–Crippen LogP) is 4.15. The van der Waals surface area contributed by atoms with E-state index >= 15 is 0 Å². The van der Waals surface area contributed by atoms with Gasteiger partial charge in [-0.2, -0.15) is 0 Å². The molecular weight excluding hydrogens is 258 g/mol. The highest BCUT2D eigenvalue weighted by atomic mass is 16.5. The van der Waals surface area contributed by atoms with E-state index < -0.39 is 0 Å². The molecule has 0 bridgehead atoms. The van der Waals surface area contributed by atoms with Crippen LogP contribution in [0.5, 0.6) is 0 Å². The fourth-order valence-corrected chi connectivity index (χ4v) is 3.70. The Balaban J connectivity index is 2.16. The monoisotopic (exact) mass is 289 g/mol. The first-order valence-corrected chi connectivity index (χ1v) is 8.58. The van der Waals surface area contributed by atoms with Crippen LogP contribution < -0.4 is 5.32 Å². The summed E-state index contributed by atoms with van der Waals surface area (Å²) in [6.45, 7) is 6.60. The fourth-order valence-electron chi connectivity index (χ4n) is 3.70. The highest BCUT2D eigenvalue weighted by molar-refractivity contribution is 5.34. The summed E-state index contributed by atoms with van der Waals surface area (Å²) in [5, 5.41) is 3.83. The minimum absolute atomic E-state index is 0.571. The zero-order chi connectivity index (χ0) is 15.1. The van der Waals surface area contributed by atoms with Crippen molar-refractivity contribution in [3.8, 4) is 0 Å². The first-order chi connectivity index (χ1) is 10.3. The van der Waals surface area contributed by atoms with E-state index in [1.807, 2.05) is 0 Å². The fraction of sp³-hybridized carbons (Fsp3) is 0.684. The third-order valence-corrected chi connectivity index (χ3v) is 4.87. The Morgan fingerprint density at radius 3 is 2.90 bits per heavy atom. The topological polar surface area (TPSA) is 21.3 Å². The molecule has 118 valence electrons. The molecule has 3 atom stereocenters. The predicted molar refractivity (Wildman–Crippen MR) is 89.9 cm³/mol. The van der Waals surface area contributed by atoms with Gasteiger partial charge in [-0.1, -0.05) is 38.1 Å². The van der Waals surface area contributed by atoms with Crippen molar-refractivity contribution in [2.24, 2.45) is 5.92 Å². The summed E-state index contributed by atoms with van der Waals surface area (Å²) in [7, 11) is 1.80. The van der Waals surface area contributed by atoms with Crippen molar-refractivity contribution in [1.82, 2.24) is 5.32 Å². The van der Waals surface area contributed by atoms with Gasteiger partial charge in [-0.15, -0.1) is 0 Å². The molecule has 0 fully saturated rings. The third-order valence-electron chi connectivity index (χ3n) is 4.87. The van der Waals surface area contributed by atoms with Crippen LogP contribution in [0, 0.1) is 5.92 Å². The van der Waals surface area contributed by atoms with Crippen molar-refractivity contribution in [3.63, 3.8) is 0 Å². The van der Waals surface area contributed by atoms with Crippen LogP contribution in [0.3, 0.4) is 0 Å². The number of rotatable bonds is 8. The van der Waals surface area contributed by atoms with Gasteiger partial charge in [0, 0.05) is 19.8 Å². The van der Waals surface area contributed by atoms with E-state index in [2.05, 4.69) is 43.4 Å². The molecule has 0 saturated heterocycles.